The first-order chi connectivity index (χ1) is 13.1. The van der Waals surface area contributed by atoms with Crippen LogP contribution in [-0.4, -0.2) is 24.0 Å². The standard InChI is InChI=1S/C19H18FN3O3S/c20-12-3-5-15-13(9-12)14(22-23-19(21)27)10-17(26-15)11-2-4-16-18(8-11)25-7-1-6-24-16/h2-5,8-9,17H,1,6-7,10H2,(H3,21,23,27). The van der Waals surface area contributed by atoms with E-state index in [9.17, 15) is 4.39 Å². The summed E-state index contributed by atoms with van der Waals surface area (Å²) in [6.45, 7) is 1.24. The second kappa shape index (κ2) is 7.40. The lowest BCUT2D eigenvalue weighted by Crippen LogP contribution is -2.28. The average molecular weight is 387 g/mol. The molecular weight excluding hydrogens is 369 g/mol. The van der Waals surface area contributed by atoms with Crippen LogP contribution < -0.4 is 25.4 Å². The molecule has 140 valence electrons. The van der Waals surface area contributed by atoms with Crippen LogP contribution in [0.2, 0.25) is 0 Å². The molecule has 0 saturated carbocycles. The highest BCUT2D eigenvalue weighted by Crippen LogP contribution is 2.39. The van der Waals surface area contributed by atoms with E-state index < -0.39 is 0 Å². The summed E-state index contributed by atoms with van der Waals surface area (Å²) in [6.07, 6.45) is 0.947. The summed E-state index contributed by atoms with van der Waals surface area (Å²) in [5.41, 5.74) is 10.2. The number of thiocarbonyl (C=S) groups is 1. The Balaban J connectivity index is 1.68. The van der Waals surface area contributed by atoms with E-state index in [1.54, 1.807) is 6.07 Å². The van der Waals surface area contributed by atoms with E-state index in [2.05, 4.69) is 10.5 Å². The molecule has 0 radical (unpaired) electrons. The van der Waals surface area contributed by atoms with Crippen molar-refractivity contribution in [3.05, 3.63) is 53.3 Å². The third-order valence-electron chi connectivity index (χ3n) is 4.34. The highest BCUT2D eigenvalue weighted by atomic mass is 32.1. The SMILES string of the molecule is NC(=S)NN=C1CC(c2ccc3c(c2)OCCCO3)Oc2ccc(F)cc21. The van der Waals surface area contributed by atoms with Gasteiger partial charge in [0.05, 0.1) is 18.9 Å². The van der Waals surface area contributed by atoms with Gasteiger partial charge in [-0.3, -0.25) is 5.43 Å². The molecule has 27 heavy (non-hydrogen) atoms. The van der Waals surface area contributed by atoms with E-state index in [1.165, 1.54) is 12.1 Å². The molecule has 3 N–H and O–H groups in total. The smallest absolute Gasteiger partial charge is 0.184 e. The maximum atomic E-state index is 13.7. The third-order valence-corrected chi connectivity index (χ3v) is 4.44. The van der Waals surface area contributed by atoms with Gasteiger partial charge in [-0.15, -0.1) is 0 Å². The van der Waals surface area contributed by atoms with E-state index in [0.717, 1.165) is 17.7 Å². The molecule has 0 fully saturated rings. The zero-order valence-electron chi connectivity index (χ0n) is 14.4. The molecule has 2 aliphatic rings. The Hall–Kier alpha value is -2.87. The van der Waals surface area contributed by atoms with Crippen molar-refractivity contribution < 1.29 is 18.6 Å². The Bertz CT molecular complexity index is 919. The second-order valence-electron chi connectivity index (χ2n) is 6.24. The summed E-state index contributed by atoms with van der Waals surface area (Å²) in [4.78, 5) is 0. The molecule has 8 heteroatoms. The van der Waals surface area contributed by atoms with E-state index >= 15 is 0 Å². The van der Waals surface area contributed by atoms with Crippen molar-refractivity contribution >= 4 is 23.0 Å². The van der Waals surface area contributed by atoms with E-state index in [4.69, 9.17) is 32.2 Å². The summed E-state index contributed by atoms with van der Waals surface area (Å²) in [5.74, 6) is 1.59. The summed E-state index contributed by atoms with van der Waals surface area (Å²) < 4.78 is 31.2. The Labute approximate surface area is 161 Å². The van der Waals surface area contributed by atoms with Crippen LogP contribution in [0.5, 0.6) is 17.2 Å². The summed E-state index contributed by atoms with van der Waals surface area (Å²) >= 11 is 4.81. The molecule has 4 rings (SSSR count). The number of nitrogens with one attached hydrogen (secondary N) is 1. The van der Waals surface area contributed by atoms with Crippen molar-refractivity contribution in [3.8, 4) is 17.2 Å². The van der Waals surface area contributed by atoms with Crippen LogP contribution >= 0.6 is 12.2 Å². The van der Waals surface area contributed by atoms with Crippen molar-refractivity contribution in [2.45, 2.75) is 18.9 Å². The number of rotatable bonds is 2. The molecule has 1 unspecified atom stereocenters. The molecule has 0 spiro atoms. The van der Waals surface area contributed by atoms with Gasteiger partial charge in [-0.1, -0.05) is 6.07 Å². The zero-order chi connectivity index (χ0) is 18.8. The first kappa shape index (κ1) is 17.5. The number of hydrogen-bond acceptors (Lipinski definition) is 5. The lowest BCUT2D eigenvalue weighted by Gasteiger charge is -2.28. The van der Waals surface area contributed by atoms with Crippen molar-refractivity contribution in [2.75, 3.05) is 13.2 Å². The fourth-order valence-corrected chi connectivity index (χ4v) is 3.15. The topological polar surface area (TPSA) is 78.1 Å². The molecule has 1 atom stereocenters. The van der Waals surface area contributed by atoms with Crippen LogP contribution in [0.4, 0.5) is 4.39 Å². The molecule has 2 aromatic rings. The van der Waals surface area contributed by atoms with Gasteiger partial charge in [0.2, 0.25) is 0 Å². The lowest BCUT2D eigenvalue weighted by molar-refractivity contribution is 0.205. The van der Waals surface area contributed by atoms with Gasteiger partial charge in [0, 0.05) is 18.4 Å². The molecule has 2 heterocycles. The van der Waals surface area contributed by atoms with Gasteiger partial charge >= 0.3 is 0 Å². The Morgan fingerprint density at radius 1 is 1.11 bits per heavy atom. The molecule has 2 aliphatic heterocycles. The number of ether oxygens (including phenoxy) is 3. The number of hydrazone groups is 1. The second-order valence-corrected chi connectivity index (χ2v) is 6.68. The van der Waals surface area contributed by atoms with Gasteiger partial charge in [0.25, 0.3) is 0 Å². The molecular formula is C19H18FN3O3S. The lowest BCUT2D eigenvalue weighted by atomic mass is 9.95. The molecule has 6 nitrogen and oxygen atoms in total. The van der Waals surface area contributed by atoms with Gasteiger partial charge in [-0.25, -0.2) is 4.39 Å². The highest BCUT2D eigenvalue weighted by molar-refractivity contribution is 7.80. The van der Waals surface area contributed by atoms with Gasteiger partial charge in [-0.2, -0.15) is 5.10 Å². The van der Waals surface area contributed by atoms with Gasteiger partial charge in [0.15, 0.2) is 16.6 Å². The minimum Gasteiger partial charge on any atom is -0.490 e. The maximum absolute atomic E-state index is 13.7. The van der Waals surface area contributed by atoms with Crippen LogP contribution in [-0.2, 0) is 0 Å². The minimum atomic E-state index is -0.366. The maximum Gasteiger partial charge on any atom is 0.184 e. The van der Waals surface area contributed by atoms with E-state index in [0.29, 0.717) is 42.4 Å². The summed E-state index contributed by atoms with van der Waals surface area (Å²) in [5, 5.41) is 4.28. The Kier molecular flexibility index (Phi) is 4.81. The summed E-state index contributed by atoms with van der Waals surface area (Å²) in [7, 11) is 0. The van der Waals surface area contributed by atoms with Crippen LogP contribution in [0.25, 0.3) is 0 Å². The van der Waals surface area contributed by atoms with Crippen molar-refractivity contribution in [1.82, 2.24) is 5.43 Å². The number of halogens is 1. The Morgan fingerprint density at radius 3 is 2.70 bits per heavy atom. The number of nitrogens with zero attached hydrogens (tertiary/aromatic N) is 1. The van der Waals surface area contributed by atoms with E-state index in [1.807, 2.05) is 18.2 Å². The van der Waals surface area contributed by atoms with Crippen molar-refractivity contribution in [3.63, 3.8) is 0 Å². The molecule has 0 bridgehead atoms. The monoisotopic (exact) mass is 387 g/mol. The number of benzene rings is 2. The fourth-order valence-electron chi connectivity index (χ4n) is 3.11. The van der Waals surface area contributed by atoms with Gasteiger partial charge in [-0.05, 0) is 48.1 Å². The first-order valence-electron chi connectivity index (χ1n) is 8.58. The van der Waals surface area contributed by atoms with Gasteiger partial charge in [0.1, 0.15) is 17.7 Å². The minimum absolute atomic E-state index is 0.0408. The fraction of sp³-hybridized carbons (Fsp3) is 0.263. The predicted octanol–water partition coefficient (Wildman–Crippen LogP) is 3.05. The van der Waals surface area contributed by atoms with E-state index in [-0.39, 0.29) is 17.0 Å². The molecule has 0 amide bonds. The van der Waals surface area contributed by atoms with Crippen LogP contribution in [0, 0.1) is 5.82 Å². The van der Waals surface area contributed by atoms with Crippen LogP contribution in [0.15, 0.2) is 41.5 Å². The summed E-state index contributed by atoms with van der Waals surface area (Å²) in [6, 6.07) is 10.1. The third kappa shape index (κ3) is 3.80. The van der Waals surface area contributed by atoms with Crippen LogP contribution in [0.3, 0.4) is 0 Å². The zero-order valence-corrected chi connectivity index (χ0v) is 15.2. The molecule has 0 saturated heterocycles. The number of hydrogen-bond donors (Lipinski definition) is 2. The quantitative estimate of drug-likeness (QED) is 0.609. The van der Waals surface area contributed by atoms with Crippen LogP contribution in [0.1, 0.15) is 30.1 Å². The molecule has 2 aromatic carbocycles. The molecule has 0 aromatic heterocycles. The number of nitrogens with two attached hydrogens (primary N) is 1. The van der Waals surface area contributed by atoms with Crippen molar-refractivity contribution in [2.24, 2.45) is 10.8 Å². The Morgan fingerprint density at radius 2 is 1.89 bits per heavy atom. The largest absolute Gasteiger partial charge is 0.490 e. The molecule has 0 aliphatic carbocycles. The van der Waals surface area contributed by atoms with Gasteiger partial charge < -0.3 is 19.9 Å². The normalized spacial score (nSPS) is 19.6. The average Bonchev–Trinajstić information content (AvgIpc) is 2.90. The predicted molar refractivity (Wildman–Crippen MR) is 103 cm³/mol. The first-order valence-corrected chi connectivity index (χ1v) is 8.99. The number of fused-ring (bicyclic) bond motifs is 2. The highest BCUT2D eigenvalue weighted by Gasteiger charge is 2.28. The van der Waals surface area contributed by atoms with Crippen molar-refractivity contribution in [1.29, 1.82) is 0 Å².